The number of thioether (sulfide) groups is 1. The number of nitrogens with zero attached hydrogens (tertiary/aromatic N) is 3. The van der Waals surface area contributed by atoms with Crippen LogP contribution in [0.5, 0.6) is 0 Å². The third-order valence-electron chi connectivity index (χ3n) is 3.69. The van der Waals surface area contributed by atoms with Crippen LogP contribution in [0.4, 0.5) is 0 Å². The molecule has 1 amide bonds. The van der Waals surface area contributed by atoms with Gasteiger partial charge < -0.3 is 5.73 Å². The normalized spacial score (nSPS) is 10.8. The highest BCUT2D eigenvalue weighted by molar-refractivity contribution is 7.98. The van der Waals surface area contributed by atoms with Crippen LogP contribution in [0, 0.1) is 13.8 Å². The molecule has 3 aromatic rings. The summed E-state index contributed by atoms with van der Waals surface area (Å²) >= 11 is 1.53. The molecule has 0 aliphatic rings. The van der Waals surface area contributed by atoms with Crippen LogP contribution in [-0.2, 0) is 5.75 Å². The van der Waals surface area contributed by atoms with Gasteiger partial charge in [0, 0.05) is 17.0 Å². The SMILES string of the molecule is Cc1cccc(-n2c(C)nnc2SCc2ccccc2C(N)=O)c1. The summed E-state index contributed by atoms with van der Waals surface area (Å²) < 4.78 is 2.02. The zero-order valence-corrected chi connectivity index (χ0v) is 14.4. The topological polar surface area (TPSA) is 73.8 Å². The van der Waals surface area contributed by atoms with E-state index in [2.05, 4.69) is 29.3 Å². The fourth-order valence-electron chi connectivity index (χ4n) is 2.53. The molecule has 24 heavy (non-hydrogen) atoms. The minimum atomic E-state index is -0.414. The minimum absolute atomic E-state index is 0.414. The first-order valence-electron chi connectivity index (χ1n) is 7.56. The molecule has 0 fully saturated rings. The van der Waals surface area contributed by atoms with Gasteiger partial charge in [-0.15, -0.1) is 10.2 Å². The van der Waals surface area contributed by atoms with E-state index < -0.39 is 5.91 Å². The van der Waals surface area contributed by atoms with Gasteiger partial charge in [-0.05, 0) is 43.2 Å². The van der Waals surface area contributed by atoms with Gasteiger partial charge in [-0.2, -0.15) is 0 Å². The molecule has 0 aliphatic carbocycles. The second kappa shape index (κ2) is 6.88. The average molecular weight is 338 g/mol. The molecule has 0 saturated heterocycles. The largest absolute Gasteiger partial charge is 0.366 e. The molecule has 1 aromatic heterocycles. The van der Waals surface area contributed by atoms with E-state index in [9.17, 15) is 4.79 Å². The number of hydrogen-bond donors (Lipinski definition) is 1. The summed E-state index contributed by atoms with van der Waals surface area (Å²) in [7, 11) is 0. The van der Waals surface area contributed by atoms with Crippen LogP contribution < -0.4 is 5.73 Å². The number of amides is 1. The Kier molecular flexibility index (Phi) is 4.66. The number of rotatable bonds is 5. The maximum Gasteiger partial charge on any atom is 0.249 e. The second-order valence-corrected chi connectivity index (χ2v) is 6.46. The van der Waals surface area contributed by atoms with Gasteiger partial charge in [0.1, 0.15) is 5.82 Å². The Bertz CT molecular complexity index is 888. The van der Waals surface area contributed by atoms with Crippen molar-refractivity contribution in [2.75, 3.05) is 0 Å². The number of carbonyl (C=O) groups is 1. The molecule has 0 unspecified atom stereocenters. The molecule has 0 radical (unpaired) electrons. The van der Waals surface area contributed by atoms with E-state index in [4.69, 9.17) is 5.73 Å². The van der Waals surface area contributed by atoms with E-state index in [0.717, 1.165) is 22.2 Å². The summed E-state index contributed by atoms with van der Waals surface area (Å²) in [6, 6.07) is 15.6. The summed E-state index contributed by atoms with van der Waals surface area (Å²) in [6.07, 6.45) is 0. The van der Waals surface area contributed by atoms with Gasteiger partial charge in [0.15, 0.2) is 5.16 Å². The number of aromatic nitrogens is 3. The molecule has 0 saturated carbocycles. The number of aryl methyl sites for hydroxylation is 2. The van der Waals surface area contributed by atoms with E-state index in [1.807, 2.05) is 41.8 Å². The molecule has 0 atom stereocenters. The molecule has 2 aromatic carbocycles. The molecular weight excluding hydrogens is 320 g/mol. The van der Waals surface area contributed by atoms with Crippen LogP contribution in [0.15, 0.2) is 53.7 Å². The van der Waals surface area contributed by atoms with Crippen molar-refractivity contribution >= 4 is 17.7 Å². The van der Waals surface area contributed by atoms with Crippen molar-refractivity contribution in [2.24, 2.45) is 5.73 Å². The summed E-state index contributed by atoms with van der Waals surface area (Å²) in [5, 5.41) is 9.25. The molecule has 5 nitrogen and oxygen atoms in total. The van der Waals surface area contributed by atoms with E-state index >= 15 is 0 Å². The van der Waals surface area contributed by atoms with E-state index in [-0.39, 0.29) is 0 Å². The van der Waals surface area contributed by atoms with Gasteiger partial charge in [-0.1, -0.05) is 42.1 Å². The highest BCUT2D eigenvalue weighted by Crippen LogP contribution is 2.26. The summed E-state index contributed by atoms with van der Waals surface area (Å²) in [4.78, 5) is 11.5. The Morgan fingerprint density at radius 2 is 1.92 bits per heavy atom. The summed E-state index contributed by atoms with van der Waals surface area (Å²) in [5.41, 5.74) is 9.09. The highest BCUT2D eigenvalue weighted by Gasteiger charge is 2.13. The number of nitrogens with two attached hydrogens (primary N) is 1. The maximum atomic E-state index is 11.5. The van der Waals surface area contributed by atoms with Crippen LogP contribution in [0.2, 0.25) is 0 Å². The lowest BCUT2D eigenvalue weighted by Gasteiger charge is -2.10. The van der Waals surface area contributed by atoms with Gasteiger partial charge >= 0.3 is 0 Å². The number of benzene rings is 2. The predicted molar refractivity (Wildman–Crippen MR) is 95.4 cm³/mol. The smallest absolute Gasteiger partial charge is 0.249 e. The maximum absolute atomic E-state index is 11.5. The summed E-state index contributed by atoms with van der Waals surface area (Å²) in [5.74, 6) is 1.01. The quantitative estimate of drug-likeness (QED) is 0.725. The molecule has 1 heterocycles. The Morgan fingerprint density at radius 1 is 1.12 bits per heavy atom. The van der Waals surface area contributed by atoms with E-state index in [0.29, 0.717) is 11.3 Å². The Labute approximate surface area is 144 Å². The lowest BCUT2D eigenvalue weighted by Crippen LogP contribution is -2.13. The van der Waals surface area contributed by atoms with Crippen LogP contribution in [0.1, 0.15) is 27.3 Å². The van der Waals surface area contributed by atoms with Crippen LogP contribution >= 0.6 is 11.8 Å². The molecule has 0 aliphatic heterocycles. The van der Waals surface area contributed by atoms with Crippen molar-refractivity contribution in [1.82, 2.24) is 14.8 Å². The Morgan fingerprint density at radius 3 is 2.67 bits per heavy atom. The lowest BCUT2D eigenvalue weighted by atomic mass is 10.1. The molecule has 2 N–H and O–H groups in total. The summed E-state index contributed by atoms with van der Waals surface area (Å²) in [6.45, 7) is 3.98. The monoisotopic (exact) mass is 338 g/mol. The van der Waals surface area contributed by atoms with Crippen LogP contribution in [0.3, 0.4) is 0 Å². The van der Waals surface area contributed by atoms with Gasteiger partial charge in [0.25, 0.3) is 0 Å². The Hall–Kier alpha value is -2.60. The fraction of sp³-hybridized carbons (Fsp3) is 0.167. The van der Waals surface area contributed by atoms with Crippen molar-refractivity contribution in [2.45, 2.75) is 24.8 Å². The third kappa shape index (κ3) is 3.33. The van der Waals surface area contributed by atoms with E-state index in [1.165, 1.54) is 17.3 Å². The van der Waals surface area contributed by atoms with Crippen LogP contribution in [-0.4, -0.2) is 20.7 Å². The van der Waals surface area contributed by atoms with Crippen molar-refractivity contribution in [3.63, 3.8) is 0 Å². The lowest BCUT2D eigenvalue weighted by molar-refractivity contribution is 0.0999. The van der Waals surface area contributed by atoms with Gasteiger partial charge in [-0.3, -0.25) is 9.36 Å². The van der Waals surface area contributed by atoms with Gasteiger partial charge in [0.05, 0.1) is 0 Å². The molecule has 6 heteroatoms. The first-order valence-corrected chi connectivity index (χ1v) is 8.54. The van der Waals surface area contributed by atoms with Crippen molar-refractivity contribution in [1.29, 1.82) is 0 Å². The molecule has 0 spiro atoms. The standard InChI is InChI=1S/C18H18N4OS/c1-12-6-5-8-15(10-12)22-13(2)20-21-18(22)24-11-14-7-3-4-9-16(14)17(19)23/h3-10H,11H2,1-2H3,(H2,19,23). The number of primary amides is 1. The second-order valence-electron chi connectivity index (χ2n) is 5.51. The van der Waals surface area contributed by atoms with Gasteiger partial charge in [-0.25, -0.2) is 0 Å². The van der Waals surface area contributed by atoms with Crippen molar-refractivity contribution in [3.8, 4) is 5.69 Å². The van der Waals surface area contributed by atoms with Crippen molar-refractivity contribution < 1.29 is 4.79 Å². The fourth-order valence-corrected chi connectivity index (χ4v) is 3.53. The van der Waals surface area contributed by atoms with E-state index in [1.54, 1.807) is 6.07 Å². The number of carbonyl (C=O) groups excluding carboxylic acids is 1. The number of hydrogen-bond acceptors (Lipinski definition) is 4. The first-order chi connectivity index (χ1) is 11.6. The predicted octanol–water partition coefficient (Wildman–Crippen LogP) is 3.28. The molecular formula is C18H18N4OS. The van der Waals surface area contributed by atoms with Crippen LogP contribution in [0.25, 0.3) is 5.69 Å². The Balaban J connectivity index is 1.89. The minimum Gasteiger partial charge on any atom is -0.366 e. The zero-order chi connectivity index (χ0) is 17.1. The zero-order valence-electron chi connectivity index (χ0n) is 13.6. The van der Waals surface area contributed by atoms with Gasteiger partial charge in [0.2, 0.25) is 5.91 Å². The third-order valence-corrected chi connectivity index (χ3v) is 4.67. The van der Waals surface area contributed by atoms with Crippen molar-refractivity contribution in [3.05, 3.63) is 71.0 Å². The average Bonchev–Trinajstić information content (AvgIpc) is 2.94. The first kappa shape index (κ1) is 16.3. The molecule has 122 valence electrons. The highest BCUT2D eigenvalue weighted by atomic mass is 32.2. The molecule has 3 rings (SSSR count). The molecule has 0 bridgehead atoms.